The quantitative estimate of drug-likeness (QED) is 0.606. The van der Waals surface area contributed by atoms with Gasteiger partial charge in [0.1, 0.15) is 5.76 Å². The van der Waals surface area contributed by atoms with E-state index in [9.17, 15) is 9.59 Å². The molecule has 8 heteroatoms. The lowest BCUT2D eigenvalue weighted by molar-refractivity contribution is -0.120. The fraction of sp³-hybridized carbons (Fsp3) is 0.318. The number of thiazole rings is 1. The molecule has 1 fully saturated rings. The highest BCUT2D eigenvalue weighted by atomic mass is 32.1. The highest BCUT2D eigenvalue weighted by Crippen LogP contribution is 2.23. The molecule has 1 saturated heterocycles. The summed E-state index contributed by atoms with van der Waals surface area (Å²) < 4.78 is 5.15. The van der Waals surface area contributed by atoms with Crippen LogP contribution in [-0.4, -0.2) is 36.4 Å². The normalized spacial score (nSPS) is 15.9. The lowest BCUT2D eigenvalue weighted by Crippen LogP contribution is -2.32. The molecule has 1 unspecified atom stereocenters. The lowest BCUT2D eigenvalue weighted by atomic mass is 10.1. The van der Waals surface area contributed by atoms with Crippen LogP contribution in [0.3, 0.4) is 0 Å². The zero-order valence-corrected chi connectivity index (χ0v) is 17.6. The SMILES string of the molecule is Cc1occc1C(=O)Nc1nc(CC(=O)NCC2CCN(c3ccccc3)C2)cs1. The molecular weight excluding hydrogens is 400 g/mol. The number of amides is 2. The number of para-hydroxylation sites is 1. The van der Waals surface area contributed by atoms with Gasteiger partial charge in [-0.2, -0.15) is 0 Å². The summed E-state index contributed by atoms with van der Waals surface area (Å²) >= 11 is 1.30. The summed E-state index contributed by atoms with van der Waals surface area (Å²) in [4.78, 5) is 31.2. The molecule has 4 rings (SSSR count). The van der Waals surface area contributed by atoms with Crippen molar-refractivity contribution in [1.29, 1.82) is 0 Å². The van der Waals surface area contributed by atoms with E-state index in [-0.39, 0.29) is 18.2 Å². The first-order chi connectivity index (χ1) is 14.6. The maximum atomic E-state index is 12.3. The third-order valence-corrected chi connectivity index (χ3v) is 6.02. The largest absolute Gasteiger partial charge is 0.469 e. The molecule has 0 saturated carbocycles. The van der Waals surface area contributed by atoms with Gasteiger partial charge in [0.2, 0.25) is 5.91 Å². The predicted molar refractivity (Wildman–Crippen MR) is 117 cm³/mol. The molecule has 0 bridgehead atoms. The molecule has 2 N–H and O–H groups in total. The fourth-order valence-electron chi connectivity index (χ4n) is 3.59. The maximum Gasteiger partial charge on any atom is 0.260 e. The number of carbonyl (C=O) groups is 2. The van der Waals surface area contributed by atoms with Gasteiger partial charge in [0.15, 0.2) is 5.13 Å². The Morgan fingerprint density at radius 2 is 2.10 bits per heavy atom. The molecule has 1 aliphatic rings. The van der Waals surface area contributed by atoms with Crippen molar-refractivity contribution >= 4 is 34.0 Å². The Morgan fingerprint density at radius 1 is 1.27 bits per heavy atom. The van der Waals surface area contributed by atoms with E-state index >= 15 is 0 Å². The number of anilines is 2. The van der Waals surface area contributed by atoms with Crippen molar-refractivity contribution < 1.29 is 14.0 Å². The fourth-order valence-corrected chi connectivity index (χ4v) is 4.29. The Bertz CT molecular complexity index is 1010. The standard InChI is InChI=1S/C22H24N4O3S/c1-15-19(8-10-29-15)21(28)25-22-24-17(14-30-22)11-20(27)23-12-16-7-9-26(13-16)18-5-3-2-4-6-18/h2-6,8,10,14,16H,7,9,11-13H2,1H3,(H,23,27)(H,24,25,28). The van der Waals surface area contributed by atoms with Crippen molar-refractivity contribution in [2.75, 3.05) is 29.9 Å². The van der Waals surface area contributed by atoms with Gasteiger partial charge < -0.3 is 14.6 Å². The molecule has 7 nitrogen and oxygen atoms in total. The number of rotatable bonds is 7. The smallest absolute Gasteiger partial charge is 0.260 e. The van der Waals surface area contributed by atoms with Gasteiger partial charge >= 0.3 is 0 Å². The van der Waals surface area contributed by atoms with Crippen LogP contribution < -0.4 is 15.5 Å². The van der Waals surface area contributed by atoms with Crippen molar-refractivity contribution in [3.63, 3.8) is 0 Å². The number of benzene rings is 1. The number of hydrogen-bond acceptors (Lipinski definition) is 6. The van der Waals surface area contributed by atoms with Gasteiger partial charge in [-0.25, -0.2) is 4.98 Å². The summed E-state index contributed by atoms with van der Waals surface area (Å²) in [5.41, 5.74) is 2.36. The molecule has 3 aromatic rings. The molecule has 0 radical (unpaired) electrons. The van der Waals surface area contributed by atoms with Crippen LogP contribution in [0.2, 0.25) is 0 Å². The van der Waals surface area contributed by atoms with Crippen LogP contribution in [0.4, 0.5) is 10.8 Å². The van der Waals surface area contributed by atoms with Crippen molar-refractivity contribution in [1.82, 2.24) is 10.3 Å². The zero-order chi connectivity index (χ0) is 20.9. The molecule has 30 heavy (non-hydrogen) atoms. The van der Waals surface area contributed by atoms with Gasteiger partial charge in [-0.05, 0) is 37.5 Å². The van der Waals surface area contributed by atoms with E-state index in [4.69, 9.17) is 4.42 Å². The Kier molecular flexibility index (Phi) is 6.13. The van der Waals surface area contributed by atoms with Crippen molar-refractivity contribution in [2.45, 2.75) is 19.8 Å². The summed E-state index contributed by atoms with van der Waals surface area (Å²) in [7, 11) is 0. The van der Waals surface area contributed by atoms with Crippen LogP contribution in [0.25, 0.3) is 0 Å². The third kappa shape index (κ3) is 4.88. The van der Waals surface area contributed by atoms with Gasteiger partial charge in [-0.3, -0.25) is 14.9 Å². The Balaban J connectivity index is 1.22. The molecule has 2 amide bonds. The van der Waals surface area contributed by atoms with Crippen LogP contribution in [0, 0.1) is 12.8 Å². The first kappa shape index (κ1) is 20.2. The van der Waals surface area contributed by atoms with E-state index in [1.165, 1.54) is 23.3 Å². The number of nitrogens with one attached hydrogen (secondary N) is 2. The minimum Gasteiger partial charge on any atom is -0.469 e. The minimum absolute atomic E-state index is 0.0537. The monoisotopic (exact) mass is 424 g/mol. The molecule has 156 valence electrons. The molecule has 1 aromatic carbocycles. The minimum atomic E-state index is -0.268. The van der Waals surface area contributed by atoms with Crippen LogP contribution in [-0.2, 0) is 11.2 Å². The first-order valence-corrected chi connectivity index (χ1v) is 10.8. The van der Waals surface area contributed by atoms with Crippen LogP contribution in [0.5, 0.6) is 0 Å². The summed E-state index contributed by atoms with van der Waals surface area (Å²) in [6.07, 6.45) is 2.74. The summed E-state index contributed by atoms with van der Waals surface area (Å²) in [6.45, 7) is 4.35. The number of carbonyl (C=O) groups excluding carboxylic acids is 2. The van der Waals surface area contributed by atoms with Crippen molar-refractivity contribution in [3.05, 3.63) is 65.1 Å². The number of aryl methyl sites for hydroxylation is 1. The second-order valence-corrected chi connectivity index (χ2v) is 8.26. The van der Waals surface area contributed by atoms with E-state index < -0.39 is 0 Å². The molecule has 0 aliphatic carbocycles. The summed E-state index contributed by atoms with van der Waals surface area (Å²) in [5, 5.41) is 8.04. The van der Waals surface area contributed by atoms with E-state index in [0.717, 1.165) is 19.5 Å². The Labute approximate surface area is 179 Å². The molecule has 1 atom stereocenters. The highest BCUT2D eigenvalue weighted by molar-refractivity contribution is 7.14. The topological polar surface area (TPSA) is 87.5 Å². The highest BCUT2D eigenvalue weighted by Gasteiger charge is 2.23. The molecule has 1 aliphatic heterocycles. The van der Waals surface area contributed by atoms with Crippen molar-refractivity contribution in [3.8, 4) is 0 Å². The van der Waals surface area contributed by atoms with Crippen LogP contribution >= 0.6 is 11.3 Å². The average molecular weight is 425 g/mol. The maximum absolute atomic E-state index is 12.3. The number of furan rings is 1. The van der Waals surface area contributed by atoms with E-state index in [1.807, 2.05) is 18.2 Å². The van der Waals surface area contributed by atoms with Gasteiger partial charge in [-0.15, -0.1) is 11.3 Å². The van der Waals surface area contributed by atoms with Gasteiger partial charge in [0.05, 0.1) is 23.9 Å². The Morgan fingerprint density at radius 3 is 2.87 bits per heavy atom. The predicted octanol–water partition coefficient (Wildman–Crippen LogP) is 3.48. The van der Waals surface area contributed by atoms with E-state index in [1.54, 1.807) is 18.4 Å². The number of hydrogen-bond donors (Lipinski definition) is 2. The molecule has 2 aromatic heterocycles. The van der Waals surface area contributed by atoms with Gasteiger partial charge in [-0.1, -0.05) is 18.2 Å². The number of aromatic nitrogens is 1. The first-order valence-electron chi connectivity index (χ1n) is 9.95. The van der Waals surface area contributed by atoms with Crippen LogP contribution in [0.1, 0.15) is 28.2 Å². The van der Waals surface area contributed by atoms with Gasteiger partial charge in [0, 0.05) is 30.7 Å². The number of nitrogens with zero attached hydrogens (tertiary/aromatic N) is 2. The molecular formula is C22H24N4O3S. The summed E-state index contributed by atoms with van der Waals surface area (Å²) in [5.74, 6) is 0.678. The molecule has 3 heterocycles. The van der Waals surface area contributed by atoms with E-state index in [2.05, 4.69) is 32.7 Å². The Hall–Kier alpha value is -3.13. The zero-order valence-electron chi connectivity index (χ0n) is 16.8. The van der Waals surface area contributed by atoms with Crippen LogP contribution in [0.15, 0.2) is 52.5 Å². The average Bonchev–Trinajstić information content (AvgIpc) is 3.48. The second kappa shape index (κ2) is 9.13. The summed E-state index contributed by atoms with van der Waals surface area (Å²) in [6, 6.07) is 12.0. The van der Waals surface area contributed by atoms with Crippen molar-refractivity contribution in [2.24, 2.45) is 5.92 Å². The third-order valence-electron chi connectivity index (χ3n) is 5.21. The lowest BCUT2D eigenvalue weighted by Gasteiger charge is -2.18. The van der Waals surface area contributed by atoms with Gasteiger partial charge in [0.25, 0.3) is 5.91 Å². The van der Waals surface area contributed by atoms with E-state index in [0.29, 0.717) is 34.6 Å². The second-order valence-electron chi connectivity index (χ2n) is 7.41. The molecule has 0 spiro atoms.